The number of nitrogens with one attached hydrogen (secondary N) is 1. The first-order valence-corrected chi connectivity index (χ1v) is 9.59. The average Bonchev–Trinajstić information content (AvgIpc) is 3.32. The van der Waals surface area contributed by atoms with Crippen molar-refractivity contribution in [1.82, 2.24) is 29.8 Å². The summed E-state index contributed by atoms with van der Waals surface area (Å²) in [6, 6.07) is 1.76. The molecule has 3 rings (SSSR count). The smallest absolute Gasteiger partial charge is 0.263 e. The molecule has 0 aliphatic carbocycles. The lowest BCUT2D eigenvalue weighted by Crippen LogP contribution is -2.25. The Balaban J connectivity index is 1.60. The number of rotatable bonds is 8. The van der Waals surface area contributed by atoms with E-state index in [0.29, 0.717) is 28.7 Å². The minimum absolute atomic E-state index is 0.0807. The van der Waals surface area contributed by atoms with Crippen molar-refractivity contribution in [2.45, 2.75) is 39.7 Å². The van der Waals surface area contributed by atoms with Crippen molar-refractivity contribution in [3.8, 4) is 10.8 Å². The summed E-state index contributed by atoms with van der Waals surface area (Å²) in [6.45, 7) is 5.53. The monoisotopic (exact) mass is 370 g/mol. The lowest BCUT2D eigenvalue weighted by atomic mass is 10.3. The van der Waals surface area contributed by atoms with Gasteiger partial charge >= 0.3 is 0 Å². The van der Waals surface area contributed by atoms with Gasteiger partial charge in [0, 0.05) is 44.3 Å². The second-order valence-corrected chi connectivity index (χ2v) is 6.72. The molecule has 3 aromatic heterocycles. The van der Waals surface area contributed by atoms with E-state index in [0.717, 1.165) is 30.9 Å². The predicted octanol–water partition coefficient (Wildman–Crippen LogP) is 2.74. The van der Waals surface area contributed by atoms with Gasteiger partial charge < -0.3 is 9.88 Å². The summed E-state index contributed by atoms with van der Waals surface area (Å²) >= 11 is 1.34. The van der Waals surface area contributed by atoms with Gasteiger partial charge in [-0.05, 0) is 18.9 Å². The molecular weight excluding hydrogens is 348 g/mol. The number of hydrogen-bond acceptors (Lipinski definition) is 6. The Morgan fingerprint density at radius 1 is 1.15 bits per heavy atom. The van der Waals surface area contributed by atoms with Crippen LogP contribution in [0.15, 0.2) is 30.9 Å². The third-order valence-electron chi connectivity index (χ3n) is 3.97. The summed E-state index contributed by atoms with van der Waals surface area (Å²) in [6.07, 6.45) is 9.60. The van der Waals surface area contributed by atoms with Crippen molar-refractivity contribution in [1.29, 1.82) is 0 Å². The third-order valence-corrected chi connectivity index (χ3v) is 5.07. The first-order chi connectivity index (χ1) is 12.7. The lowest BCUT2D eigenvalue weighted by molar-refractivity contribution is 0.0955. The van der Waals surface area contributed by atoms with Gasteiger partial charge in [0.25, 0.3) is 5.91 Å². The van der Waals surface area contributed by atoms with E-state index in [4.69, 9.17) is 0 Å². The van der Waals surface area contributed by atoms with Crippen molar-refractivity contribution in [2.24, 2.45) is 0 Å². The van der Waals surface area contributed by atoms with E-state index in [1.807, 2.05) is 19.3 Å². The van der Waals surface area contributed by atoms with Crippen LogP contribution >= 0.6 is 11.3 Å². The van der Waals surface area contributed by atoms with E-state index in [1.54, 1.807) is 18.5 Å². The van der Waals surface area contributed by atoms with Crippen LogP contribution in [-0.2, 0) is 19.4 Å². The molecule has 1 amide bonds. The number of hydrogen-bond donors (Lipinski definition) is 1. The second kappa shape index (κ2) is 8.66. The van der Waals surface area contributed by atoms with Crippen molar-refractivity contribution in [3.05, 3.63) is 47.2 Å². The number of thiazole rings is 1. The fourth-order valence-corrected chi connectivity index (χ4v) is 3.68. The summed E-state index contributed by atoms with van der Waals surface area (Å²) in [5, 5.41) is 3.67. The van der Waals surface area contributed by atoms with Crippen LogP contribution in [0.5, 0.6) is 0 Å². The molecule has 8 heteroatoms. The van der Waals surface area contributed by atoms with Crippen LogP contribution < -0.4 is 5.32 Å². The highest BCUT2D eigenvalue weighted by molar-refractivity contribution is 7.17. The molecule has 0 bridgehead atoms. The van der Waals surface area contributed by atoms with Crippen LogP contribution in [0.25, 0.3) is 10.8 Å². The zero-order chi connectivity index (χ0) is 18.4. The molecule has 26 heavy (non-hydrogen) atoms. The van der Waals surface area contributed by atoms with Crippen LogP contribution in [0.4, 0.5) is 0 Å². The minimum atomic E-state index is -0.0807. The zero-order valence-corrected chi connectivity index (χ0v) is 15.8. The molecule has 136 valence electrons. The SMILES string of the molecule is CCc1nc(-c2ncccn2)sc1C(=O)NCCCn1ccnc1CC. The summed E-state index contributed by atoms with van der Waals surface area (Å²) in [5.41, 5.74) is 0.790. The molecule has 0 aliphatic rings. The fourth-order valence-electron chi connectivity index (χ4n) is 2.66. The number of aryl methyl sites for hydroxylation is 3. The van der Waals surface area contributed by atoms with Crippen molar-refractivity contribution >= 4 is 17.2 Å². The number of aromatic nitrogens is 5. The van der Waals surface area contributed by atoms with Crippen molar-refractivity contribution < 1.29 is 4.79 Å². The van der Waals surface area contributed by atoms with Crippen LogP contribution in [0, 0.1) is 0 Å². The highest BCUT2D eigenvalue weighted by atomic mass is 32.1. The molecule has 3 heterocycles. The standard InChI is InChI=1S/C18H22N6OS/c1-3-13-15(26-18(23-13)16-20-7-5-8-21-16)17(25)22-9-6-11-24-12-10-19-14(24)4-2/h5,7-8,10,12H,3-4,6,9,11H2,1-2H3,(H,22,25). The molecule has 0 unspecified atom stereocenters. The Kier molecular flexibility index (Phi) is 6.06. The topological polar surface area (TPSA) is 85.6 Å². The van der Waals surface area contributed by atoms with Gasteiger partial charge in [-0.1, -0.05) is 13.8 Å². The average molecular weight is 370 g/mol. The number of carbonyl (C=O) groups is 1. The van der Waals surface area contributed by atoms with Gasteiger partial charge in [-0.15, -0.1) is 11.3 Å². The van der Waals surface area contributed by atoms with E-state index in [2.05, 4.69) is 36.7 Å². The van der Waals surface area contributed by atoms with E-state index in [1.165, 1.54) is 11.3 Å². The van der Waals surface area contributed by atoms with Gasteiger partial charge in [0.05, 0.1) is 5.69 Å². The third kappa shape index (κ3) is 4.13. The molecule has 3 aromatic rings. The van der Waals surface area contributed by atoms with Crippen molar-refractivity contribution in [2.75, 3.05) is 6.54 Å². The number of amides is 1. The molecular formula is C18H22N6OS. The van der Waals surface area contributed by atoms with Crippen LogP contribution in [-0.4, -0.2) is 37.0 Å². The predicted molar refractivity (Wildman–Crippen MR) is 101 cm³/mol. The zero-order valence-electron chi connectivity index (χ0n) is 15.0. The molecule has 0 aromatic carbocycles. The maximum Gasteiger partial charge on any atom is 0.263 e. The van der Waals surface area contributed by atoms with Crippen LogP contribution in [0.2, 0.25) is 0 Å². The maximum absolute atomic E-state index is 12.6. The highest BCUT2D eigenvalue weighted by Crippen LogP contribution is 2.25. The molecule has 0 saturated carbocycles. The van der Waals surface area contributed by atoms with Crippen LogP contribution in [0.3, 0.4) is 0 Å². The summed E-state index contributed by atoms with van der Waals surface area (Å²) < 4.78 is 2.13. The Bertz CT molecular complexity index is 858. The number of nitrogens with zero attached hydrogens (tertiary/aromatic N) is 5. The first-order valence-electron chi connectivity index (χ1n) is 8.78. The molecule has 0 aliphatic heterocycles. The van der Waals surface area contributed by atoms with E-state index >= 15 is 0 Å². The van der Waals surface area contributed by atoms with Crippen LogP contribution in [0.1, 0.15) is 41.5 Å². The summed E-state index contributed by atoms with van der Waals surface area (Å²) in [4.78, 5) is 30.5. The van der Waals surface area contributed by atoms with E-state index < -0.39 is 0 Å². The summed E-state index contributed by atoms with van der Waals surface area (Å²) in [5.74, 6) is 1.54. The van der Waals surface area contributed by atoms with Gasteiger partial charge in [-0.2, -0.15) is 0 Å². The van der Waals surface area contributed by atoms with Gasteiger partial charge in [0.2, 0.25) is 0 Å². The quantitative estimate of drug-likeness (QED) is 0.616. The largest absolute Gasteiger partial charge is 0.351 e. The second-order valence-electron chi connectivity index (χ2n) is 5.72. The highest BCUT2D eigenvalue weighted by Gasteiger charge is 2.18. The molecule has 0 radical (unpaired) electrons. The van der Waals surface area contributed by atoms with Gasteiger partial charge in [0.15, 0.2) is 10.8 Å². The van der Waals surface area contributed by atoms with Gasteiger partial charge in [-0.25, -0.2) is 19.9 Å². The number of imidazole rings is 1. The molecule has 7 nitrogen and oxygen atoms in total. The normalized spacial score (nSPS) is 10.8. The molecule has 0 spiro atoms. The number of carbonyl (C=O) groups excluding carboxylic acids is 1. The fraction of sp³-hybridized carbons (Fsp3) is 0.389. The summed E-state index contributed by atoms with van der Waals surface area (Å²) in [7, 11) is 0. The first kappa shape index (κ1) is 18.2. The Labute approximate surface area is 156 Å². The lowest BCUT2D eigenvalue weighted by Gasteiger charge is -2.07. The maximum atomic E-state index is 12.6. The van der Waals surface area contributed by atoms with E-state index in [-0.39, 0.29) is 5.91 Å². The molecule has 0 fully saturated rings. The Morgan fingerprint density at radius 2 is 1.96 bits per heavy atom. The molecule has 1 N–H and O–H groups in total. The van der Waals surface area contributed by atoms with Gasteiger partial charge in [0.1, 0.15) is 10.7 Å². The Morgan fingerprint density at radius 3 is 2.69 bits per heavy atom. The van der Waals surface area contributed by atoms with Gasteiger partial charge in [-0.3, -0.25) is 4.79 Å². The molecule has 0 atom stereocenters. The minimum Gasteiger partial charge on any atom is -0.351 e. The molecule has 0 saturated heterocycles. The van der Waals surface area contributed by atoms with Crippen molar-refractivity contribution in [3.63, 3.8) is 0 Å². The Hall–Kier alpha value is -2.61. The van der Waals surface area contributed by atoms with E-state index in [9.17, 15) is 4.79 Å².